The topological polar surface area (TPSA) is 102 Å². The number of rotatable bonds is 7. The summed E-state index contributed by atoms with van der Waals surface area (Å²) in [5, 5.41) is 13.4. The smallest absolute Gasteiger partial charge is 0.408 e. The van der Waals surface area contributed by atoms with E-state index in [2.05, 4.69) is 10.2 Å². The molecule has 5 atom stereocenters. The lowest BCUT2D eigenvalue weighted by atomic mass is 9.88. The van der Waals surface area contributed by atoms with Crippen LogP contribution in [0, 0.1) is 5.92 Å². The van der Waals surface area contributed by atoms with Crippen molar-refractivity contribution >= 4 is 17.9 Å². The second-order valence-corrected chi connectivity index (χ2v) is 12.0. The lowest BCUT2D eigenvalue weighted by molar-refractivity contribution is -0.152. The summed E-state index contributed by atoms with van der Waals surface area (Å²) in [4.78, 5) is 46.4. The zero-order valence-electron chi connectivity index (χ0n) is 23.7. The maximum absolute atomic E-state index is 15.2. The molecule has 0 spiro atoms. The number of fused-ring (bicyclic) bond motifs is 2. The van der Waals surface area contributed by atoms with Crippen molar-refractivity contribution in [3.63, 3.8) is 0 Å². The quantitative estimate of drug-likeness (QED) is 0.523. The van der Waals surface area contributed by atoms with Gasteiger partial charge in [-0.1, -0.05) is 54.6 Å². The van der Waals surface area contributed by atoms with Gasteiger partial charge in [0.15, 0.2) is 0 Å². The van der Waals surface area contributed by atoms with Crippen LogP contribution in [0.25, 0.3) is 0 Å². The van der Waals surface area contributed by atoms with Crippen LogP contribution in [0.4, 0.5) is 9.18 Å². The molecule has 3 heterocycles. The summed E-state index contributed by atoms with van der Waals surface area (Å²) in [6.07, 6.45) is 0.808. The predicted molar refractivity (Wildman–Crippen MR) is 153 cm³/mol. The molecule has 0 aromatic heterocycles. The fourth-order valence-electron chi connectivity index (χ4n) is 7.31. The lowest BCUT2D eigenvalue weighted by Crippen LogP contribution is -2.66. The van der Waals surface area contributed by atoms with Crippen LogP contribution in [0.5, 0.6) is 0 Å². The van der Waals surface area contributed by atoms with Crippen LogP contribution in [0.3, 0.4) is 0 Å². The minimum Gasteiger partial charge on any atom is -0.465 e. The molecule has 2 aromatic rings. The van der Waals surface area contributed by atoms with Crippen LogP contribution < -0.4 is 5.32 Å². The Morgan fingerprint density at radius 1 is 1.02 bits per heavy atom. The number of ether oxygens (including phenoxy) is 1. The Hall–Kier alpha value is -3.50. The molecule has 1 aliphatic carbocycles. The van der Waals surface area contributed by atoms with E-state index in [9.17, 15) is 19.5 Å². The Morgan fingerprint density at radius 3 is 2.52 bits per heavy atom. The van der Waals surface area contributed by atoms with Crippen LogP contribution in [-0.2, 0) is 27.3 Å². The number of alkyl halides is 1. The van der Waals surface area contributed by atoms with Gasteiger partial charge in [-0.2, -0.15) is 0 Å². The first-order valence-corrected chi connectivity index (χ1v) is 15.1. The molecule has 2 N–H and O–H groups in total. The minimum atomic E-state index is -1.25. The Morgan fingerprint density at radius 2 is 1.76 bits per heavy atom. The highest BCUT2D eigenvalue weighted by Gasteiger charge is 2.48. The minimum absolute atomic E-state index is 0.0621. The second kappa shape index (κ2) is 12.4. The zero-order chi connectivity index (χ0) is 29.2. The molecule has 9 nitrogen and oxygen atoms in total. The first-order valence-electron chi connectivity index (χ1n) is 15.1. The fraction of sp³-hybridized carbons (Fsp3) is 0.531. The molecular formula is C32H39FN4O5. The SMILES string of the molecule is O=C(N[C@H]1c2ccccc2C[C@@H]1F)[C@@H]1CN2CCC[C@@H]2CN1C(=O)[C@H](C1CCOCC1)N(Cc1ccccc1)C(=O)O. The molecule has 0 saturated carbocycles. The van der Waals surface area contributed by atoms with Crippen molar-refractivity contribution in [1.82, 2.24) is 20.0 Å². The van der Waals surface area contributed by atoms with Gasteiger partial charge < -0.3 is 20.1 Å². The molecule has 10 heteroatoms. The summed E-state index contributed by atoms with van der Waals surface area (Å²) in [5.41, 5.74) is 2.43. The van der Waals surface area contributed by atoms with Crippen molar-refractivity contribution in [2.45, 2.75) is 69.0 Å². The summed E-state index contributed by atoms with van der Waals surface area (Å²) < 4.78 is 20.7. The average molecular weight is 579 g/mol. The number of halogens is 1. The monoisotopic (exact) mass is 578 g/mol. The lowest BCUT2D eigenvalue weighted by Gasteiger charge is -2.46. The van der Waals surface area contributed by atoms with Crippen molar-refractivity contribution in [1.29, 1.82) is 0 Å². The number of carbonyl (C=O) groups is 3. The van der Waals surface area contributed by atoms with Crippen molar-refractivity contribution in [3.8, 4) is 0 Å². The van der Waals surface area contributed by atoms with Crippen molar-refractivity contribution < 1.29 is 28.6 Å². The maximum Gasteiger partial charge on any atom is 0.408 e. The summed E-state index contributed by atoms with van der Waals surface area (Å²) in [6.45, 7) is 2.49. The maximum atomic E-state index is 15.2. The van der Waals surface area contributed by atoms with Gasteiger partial charge in [-0.15, -0.1) is 0 Å². The van der Waals surface area contributed by atoms with Crippen LogP contribution in [0.15, 0.2) is 54.6 Å². The highest BCUT2D eigenvalue weighted by Crippen LogP contribution is 2.35. The van der Waals surface area contributed by atoms with E-state index in [4.69, 9.17) is 4.74 Å². The van der Waals surface area contributed by atoms with Gasteiger partial charge in [-0.25, -0.2) is 9.18 Å². The van der Waals surface area contributed by atoms with E-state index >= 15 is 4.39 Å². The van der Waals surface area contributed by atoms with E-state index in [1.165, 1.54) is 4.90 Å². The first-order chi connectivity index (χ1) is 20.4. The third-order valence-electron chi connectivity index (χ3n) is 9.48. The Kier molecular flexibility index (Phi) is 8.44. The third kappa shape index (κ3) is 5.74. The number of benzene rings is 2. The predicted octanol–water partition coefficient (Wildman–Crippen LogP) is 3.39. The Balaban J connectivity index is 1.30. The van der Waals surface area contributed by atoms with E-state index < -0.39 is 36.3 Å². The molecule has 3 amide bonds. The Bertz CT molecular complexity index is 1290. The first kappa shape index (κ1) is 28.6. The molecule has 2 aromatic carbocycles. The van der Waals surface area contributed by atoms with Gasteiger partial charge in [-0.3, -0.25) is 19.4 Å². The number of nitrogens with zero attached hydrogens (tertiary/aromatic N) is 3. The molecule has 4 aliphatic rings. The van der Waals surface area contributed by atoms with E-state index in [-0.39, 0.29) is 30.8 Å². The molecule has 224 valence electrons. The van der Waals surface area contributed by atoms with Gasteiger partial charge >= 0.3 is 6.09 Å². The number of amides is 3. The average Bonchev–Trinajstić information content (AvgIpc) is 3.60. The molecule has 3 fully saturated rings. The fourth-order valence-corrected chi connectivity index (χ4v) is 7.31. The molecular weight excluding hydrogens is 539 g/mol. The normalized spacial score (nSPS) is 26.7. The second-order valence-electron chi connectivity index (χ2n) is 12.0. The van der Waals surface area contributed by atoms with Crippen LogP contribution in [0.2, 0.25) is 0 Å². The molecule has 3 saturated heterocycles. The summed E-state index contributed by atoms with van der Waals surface area (Å²) >= 11 is 0. The van der Waals surface area contributed by atoms with Gasteiger partial charge in [-0.05, 0) is 54.8 Å². The van der Waals surface area contributed by atoms with Gasteiger partial charge in [0, 0.05) is 45.3 Å². The third-order valence-corrected chi connectivity index (χ3v) is 9.48. The van der Waals surface area contributed by atoms with Crippen LogP contribution in [0.1, 0.15) is 48.4 Å². The molecule has 42 heavy (non-hydrogen) atoms. The molecule has 0 bridgehead atoms. The van der Waals surface area contributed by atoms with E-state index in [1.807, 2.05) is 54.6 Å². The highest BCUT2D eigenvalue weighted by molar-refractivity contribution is 5.92. The van der Waals surface area contributed by atoms with Crippen molar-refractivity contribution in [2.75, 3.05) is 32.8 Å². The van der Waals surface area contributed by atoms with Crippen LogP contribution >= 0.6 is 0 Å². The van der Waals surface area contributed by atoms with E-state index in [1.54, 1.807) is 4.90 Å². The summed E-state index contributed by atoms with van der Waals surface area (Å²) in [7, 11) is 0. The number of nitrogens with one attached hydrogen (secondary N) is 1. The number of carbonyl (C=O) groups excluding carboxylic acids is 2. The van der Waals surface area contributed by atoms with E-state index in [0.29, 0.717) is 39.1 Å². The molecule has 3 aliphatic heterocycles. The van der Waals surface area contributed by atoms with Gasteiger partial charge in [0.2, 0.25) is 11.8 Å². The molecule has 6 rings (SSSR count). The largest absolute Gasteiger partial charge is 0.465 e. The zero-order valence-corrected chi connectivity index (χ0v) is 23.7. The van der Waals surface area contributed by atoms with Gasteiger partial charge in [0.25, 0.3) is 0 Å². The number of carboxylic acid groups (broad SMARTS) is 1. The van der Waals surface area contributed by atoms with Crippen LogP contribution in [-0.4, -0.2) is 94.9 Å². The number of hydrogen-bond acceptors (Lipinski definition) is 5. The van der Waals surface area contributed by atoms with Gasteiger partial charge in [0.1, 0.15) is 18.3 Å². The number of piperazine rings is 1. The molecule has 0 radical (unpaired) electrons. The van der Waals surface area contributed by atoms with Crippen molar-refractivity contribution in [2.24, 2.45) is 5.92 Å². The summed E-state index contributed by atoms with van der Waals surface area (Å²) in [5.74, 6) is -0.988. The van der Waals surface area contributed by atoms with Crippen molar-refractivity contribution in [3.05, 3.63) is 71.3 Å². The van der Waals surface area contributed by atoms with Gasteiger partial charge in [0.05, 0.1) is 6.04 Å². The standard InChI is InChI=1S/C32H39FN4O5/c33-26-17-23-9-4-5-11-25(23)28(26)34-30(38)27-20-35-14-6-10-24(35)19-36(27)31(39)29(22-12-15-42-16-13-22)37(32(40)41)18-21-7-2-1-3-8-21/h1-5,7-9,11,22,24,26-29H,6,10,12-20H2,(H,34,38)(H,40,41)/t24-,26+,27+,28+,29+/m1/s1. The molecule has 0 unspecified atom stereocenters. The summed E-state index contributed by atoms with van der Waals surface area (Å²) in [6, 6.07) is 14.2. The number of hydrogen-bond donors (Lipinski definition) is 2. The van der Waals surface area contributed by atoms with E-state index in [0.717, 1.165) is 36.1 Å². The Labute approximate surface area is 245 Å². The highest BCUT2D eigenvalue weighted by atomic mass is 19.1.